The van der Waals surface area contributed by atoms with Crippen molar-refractivity contribution in [3.05, 3.63) is 77.2 Å². The lowest BCUT2D eigenvalue weighted by molar-refractivity contribution is 0.0546. The number of anilines is 1. The fourth-order valence-corrected chi connectivity index (χ4v) is 4.97. The number of aryl methyl sites for hydroxylation is 1. The molecule has 5 rings (SSSR count). The number of benzene rings is 2. The monoisotopic (exact) mass is 417 g/mol. The van der Waals surface area contributed by atoms with Gasteiger partial charge in [-0.15, -0.1) is 0 Å². The fourth-order valence-electron chi connectivity index (χ4n) is 4.97. The topological polar surface area (TPSA) is 51.9 Å². The maximum atomic E-state index is 13.3. The van der Waals surface area contributed by atoms with Gasteiger partial charge in [-0.1, -0.05) is 30.3 Å². The van der Waals surface area contributed by atoms with Gasteiger partial charge in [0, 0.05) is 38.0 Å². The Labute approximate surface area is 182 Å². The predicted octanol–water partition coefficient (Wildman–Crippen LogP) is 5.11. The lowest BCUT2D eigenvalue weighted by Gasteiger charge is -2.34. The van der Waals surface area contributed by atoms with Crippen molar-refractivity contribution in [3.8, 4) is 11.1 Å². The average molecular weight is 418 g/mol. The van der Waals surface area contributed by atoms with Gasteiger partial charge in [-0.05, 0) is 66.3 Å². The van der Waals surface area contributed by atoms with Crippen LogP contribution in [0.5, 0.6) is 0 Å². The molecule has 0 unspecified atom stereocenters. The molecule has 31 heavy (non-hydrogen) atoms. The molecule has 1 aromatic heterocycles. The van der Waals surface area contributed by atoms with Gasteiger partial charge < -0.3 is 18.8 Å². The number of fused-ring (bicyclic) bond motifs is 2. The van der Waals surface area contributed by atoms with Crippen molar-refractivity contribution in [1.29, 1.82) is 0 Å². The minimum Gasteiger partial charge on any atom is -0.456 e. The molecule has 1 fully saturated rings. The molecule has 3 heterocycles. The highest BCUT2D eigenvalue weighted by atomic mass is 16.5. The lowest BCUT2D eigenvalue weighted by atomic mass is 9.75. The molecular formula is C26H27NO4. The SMILES string of the molecule is COCc1ccccc1-c1ccc2c(c1)C1(CCOCC1)CN2C(=O)c1ccc(C)o1. The molecule has 0 saturated carbocycles. The van der Waals surface area contributed by atoms with E-state index in [-0.39, 0.29) is 11.3 Å². The van der Waals surface area contributed by atoms with Crippen molar-refractivity contribution in [2.75, 3.05) is 31.8 Å². The molecular weight excluding hydrogens is 390 g/mol. The second-order valence-corrected chi connectivity index (χ2v) is 8.52. The highest BCUT2D eigenvalue weighted by Gasteiger charge is 2.46. The van der Waals surface area contributed by atoms with Crippen LogP contribution in [-0.4, -0.2) is 32.8 Å². The van der Waals surface area contributed by atoms with Gasteiger partial charge in [0.25, 0.3) is 5.91 Å². The summed E-state index contributed by atoms with van der Waals surface area (Å²) in [5.41, 5.74) is 5.60. The third-order valence-corrected chi connectivity index (χ3v) is 6.59. The maximum Gasteiger partial charge on any atom is 0.294 e. The standard InChI is InChI=1S/C26H27NO4/c1-18-7-10-24(31-18)25(28)27-17-26(11-13-30-14-12-26)22-15-19(8-9-23(22)27)21-6-4-3-5-20(21)16-29-2/h3-10,15H,11-14,16-17H2,1-2H3. The van der Waals surface area contributed by atoms with Gasteiger partial charge in [-0.25, -0.2) is 0 Å². The third-order valence-electron chi connectivity index (χ3n) is 6.59. The summed E-state index contributed by atoms with van der Waals surface area (Å²) in [4.78, 5) is 15.2. The van der Waals surface area contributed by atoms with Crippen molar-refractivity contribution in [2.24, 2.45) is 0 Å². The van der Waals surface area contributed by atoms with Crippen LogP contribution in [0.25, 0.3) is 11.1 Å². The van der Waals surface area contributed by atoms with Crippen molar-refractivity contribution in [3.63, 3.8) is 0 Å². The van der Waals surface area contributed by atoms with Crippen LogP contribution < -0.4 is 4.90 Å². The fraction of sp³-hybridized carbons (Fsp3) is 0.346. The number of hydrogen-bond acceptors (Lipinski definition) is 4. The van der Waals surface area contributed by atoms with Gasteiger partial charge in [0.05, 0.1) is 6.61 Å². The first-order valence-electron chi connectivity index (χ1n) is 10.8. The summed E-state index contributed by atoms with van der Waals surface area (Å²) in [6.07, 6.45) is 1.81. The third kappa shape index (κ3) is 3.48. The number of nitrogens with zero attached hydrogens (tertiary/aromatic N) is 1. The summed E-state index contributed by atoms with van der Waals surface area (Å²) in [7, 11) is 1.72. The molecule has 0 atom stereocenters. The van der Waals surface area contributed by atoms with E-state index in [1.807, 2.05) is 24.0 Å². The number of carbonyl (C=O) groups is 1. The zero-order chi connectivity index (χ0) is 21.4. The van der Waals surface area contributed by atoms with E-state index in [0.29, 0.717) is 32.1 Å². The minimum atomic E-state index is -0.0862. The number of furan rings is 1. The molecule has 5 nitrogen and oxygen atoms in total. The highest BCUT2D eigenvalue weighted by molar-refractivity contribution is 6.06. The zero-order valence-electron chi connectivity index (χ0n) is 18.0. The van der Waals surface area contributed by atoms with Gasteiger partial charge in [-0.2, -0.15) is 0 Å². The number of rotatable bonds is 4. The minimum absolute atomic E-state index is 0.0785. The average Bonchev–Trinajstić information content (AvgIpc) is 3.36. The van der Waals surface area contributed by atoms with E-state index in [1.165, 1.54) is 11.1 Å². The van der Waals surface area contributed by atoms with E-state index in [2.05, 4.69) is 36.4 Å². The first-order valence-corrected chi connectivity index (χ1v) is 10.8. The number of amides is 1. The second-order valence-electron chi connectivity index (χ2n) is 8.52. The maximum absolute atomic E-state index is 13.3. The van der Waals surface area contributed by atoms with Crippen molar-refractivity contribution < 1.29 is 18.7 Å². The lowest BCUT2D eigenvalue weighted by Crippen LogP contribution is -2.40. The summed E-state index contributed by atoms with van der Waals surface area (Å²) >= 11 is 0. The van der Waals surface area contributed by atoms with E-state index in [4.69, 9.17) is 13.9 Å². The summed E-state index contributed by atoms with van der Waals surface area (Å²) < 4.78 is 16.7. The van der Waals surface area contributed by atoms with Crippen LogP contribution in [0.3, 0.4) is 0 Å². The smallest absolute Gasteiger partial charge is 0.294 e. The van der Waals surface area contributed by atoms with Crippen LogP contribution in [0.1, 0.15) is 40.3 Å². The highest BCUT2D eigenvalue weighted by Crippen LogP contribution is 2.48. The first-order chi connectivity index (χ1) is 15.1. The van der Waals surface area contributed by atoms with Gasteiger partial charge in [-0.3, -0.25) is 4.79 Å². The summed E-state index contributed by atoms with van der Waals surface area (Å²) in [6.45, 7) is 4.51. The van der Waals surface area contributed by atoms with Crippen LogP contribution in [0.2, 0.25) is 0 Å². The molecule has 0 N–H and O–H groups in total. The molecule has 1 saturated heterocycles. The van der Waals surface area contributed by atoms with E-state index in [0.717, 1.165) is 35.4 Å². The Bertz CT molecular complexity index is 1110. The Morgan fingerprint density at radius 1 is 1.10 bits per heavy atom. The number of carbonyl (C=O) groups excluding carboxylic acids is 1. The quantitative estimate of drug-likeness (QED) is 0.592. The van der Waals surface area contributed by atoms with E-state index < -0.39 is 0 Å². The predicted molar refractivity (Wildman–Crippen MR) is 119 cm³/mol. The number of hydrogen-bond donors (Lipinski definition) is 0. The summed E-state index contributed by atoms with van der Waals surface area (Å²) in [5.74, 6) is 1.06. The Balaban J connectivity index is 1.60. The van der Waals surface area contributed by atoms with E-state index >= 15 is 0 Å². The molecule has 0 radical (unpaired) electrons. The Hall–Kier alpha value is -2.89. The number of methoxy groups -OCH3 is 1. The van der Waals surface area contributed by atoms with E-state index in [1.54, 1.807) is 13.2 Å². The number of ether oxygens (including phenoxy) is 2. The van der Waals surface area contributed by atoms with Gasteiger partial charge in [0.15, 0.2) is 5.76 Å². The van der Waals surface area contributed by atoms with Gasteiger partial charge in [0.2, 0.25) is 0 Å². The summed E-state index contributed by atoms with van der Waals surface area (Å²) in [5, 5.41) is 0. The molecule has 3 aromatic rings. The molecule has 1 amide bonds. The molecule has 160 valence electrons. The van der Waals surface area contributed by atoms with Crippen LogP contribution in [0, 0.1) is 6.92 Å². The molecule has 0 aliphatic carbocycles. The normalized spacial score (nSPS) is 17.2. The van der Waals surface area contributed by atoms with Crippen LogP contribution in [-0.2, 0) is 21.5 Å². The Morgan fingerprint density at radius 3 is 2.65 bits per heavy atom. The Morgan fingerprint density at radius 2 is 1.90 bits per heavy atom. The molecule has 2 aliphatic rings. The van der Waals surface area contributed by atoms with Crippen molar-refractivity contribution >= 4 is 11.6 Å². The molecule has 2 aliphatic heterocycles. The Kier molecular flexibility index (Phi) is 5.16. The second kappa shape index (κ2) is 7.98. The van der Waals surface area contributed by atoms with Crippen molar-refractivity contribution in [1.82, 2.24) is 0 Å². The molecule has 2 aromatic carbocycles. The van der Waals surface area contributed by atoms with Gasteiger partial charge >= 0.3 is 0 Å². The summed E-state index contributed by atoms with van der Waals surface area (Å²) in [6, 6.07) is 18.4. The zero-order valence-corrected chi connectivity index (χ0v) is 18.0. The van der Waals surface area contributed by atoms with Crippen LogP contribution >= 0.6 is 0 Å². The molecule has 5 heteroatoms. The largest absolute Gasteiger partial charge is 0.456 e. The first kappa shape index (κ1) is 20.0. The van der Waals surface area contributed by atoms with Gasteiger partial charge in [0.1, 0.15) is 5.76 Å². The van der Waals surface area contributed by atoms with Crippen LogP contribution in [0.4, 0.5) is 5.69 Å². The van der Waals surface area contributed by atoms with Crippen LogP contribution in [0.15, 0.2) is 59.0 Å². The molecule has 0 bridgehead atoms. The molecule has 1 spiro atoms. The van der Waals surface area contributed by atoms with E-state index in [9.17, 15) is 4.79 Å². The van der Waals surface area contributed by atoms with Crippen molar-refractivity contribution in [2.45, 2.75) is 31.8 Å².